The highest BCUT2D eigenvalue weighted by Crippen LogP contribution is 2.25. The second kappa shape index (κ2) is 7.46. The summed E-state index contributed by atoms with van der Waals surface area (Å²) < 4.78 is 29.3. The Morgan fingerprint density at radius 2 is 1.93 bits per heavy atom. The molecule has 0 aliphatic carbocycles. The summed E-state index contributed by atoms with van der Waals surface area (Å²) >= 11 is 0. The Bertz CT molecular complexity index is 1090. The number of benzene rings is 1. The standard InChI is InChI=1S/C18H23N7O2S/c1-3-24-7-9-25(10-8-24)28(26,27)15-6-4-5-14(11-15)22-17-16-12-21-23(2)18(16)20-13-19-17/h4-6,11-13H,3,7-10H2,1-2H3,(H,19,20,22). The molecular weight excluding hydrogens is 378 g/mol. The third kappa shape index (κ3) is 3.46. The molecule has 1 N–H and O–H groups in total. The number of anilines is 2. The zero-order valence-electron chi connectivity index (χ0n) is 15.9. The molecule has 0 amide bonds. The zero-order valence-corrected chi connectivity index (χ0v) is 16.7. The Hall–Kier alpha value is -2.56. The van der Waals surface area contributed by atoms with Crippen LogP contribution in [-0.4, -0.2) is 70.1 Å². The van der Waals surface area contributed by atoms with E-state index >= 15 is 0 Å². The molecule has 1 fully saturated rings. The number of aromatic nitrogens is 4. The third-order valence-electron chi connectivity index (χ3n) is 5.04. The summed E-state index contributed by atoms with van der Waals surface area (Å²) in [4.78, 5) is 11.0. The molecule has 148 valence electrons. The predicted octanol–water partition coefficient (Wildman–Crippen LogP) is 1.43. The number of nitrogens with zero attached hydrogens (tertiary/aromatic N) is 6. The van der Waals surface area contributed by atoms with Crippen LogP contribution in [0.4, 0.5) is 11.5 Å². The number of aryl methyl sites for hydroxylation is 1. The number of sulfonamides is 1. The zero-order chi connectivity index (χ0) is 19.7. The van der Waals surface area contributed by atoms with Crippen molar-refractivity contribution in [3.8, 4) is 0 Å². The Labute approximate surface area is 164 Å². The normalized spacial score (nSPS) is 16.5. The Balaban J connectivity index is 1.59. The highest BCUT2D eigenvalue weighted by atomic mass is 32.2. The highest BCUT2D eigenvalue weighted by molar-refractivity contribution is 7.89. The van der Waals surface area contributed by atoms with Crippen molar-refractivity contribution in [3.05, 3.63) is 36.8 Å². The first-order valence-electron chi connectivity index (χ1n) is 9.21. The van der Waals surface area contributed by atoms with Gasteiger partial charge in [0.05, 0.1) is 16.5 Å². The number of nitrogens with one attached hydrogen (secondary N) is 1. The van der Waals surface area contributed by atoms with Gasteiger partial charge < -0.3 is 10.2 Å². The van der Waals surface area contributed by atoms with Crippen LogP contribution < -0.4 is 5.32 Å². The second-order valence-electron chi connectivity index (χ2n) is 6.72. The van der Waals surface area contributed by atoms with Crippen molar-refractivity contribution in [2.75, 3.05) is 38.0 Å². The number of likely N-dealkylation sites (N-methyl/N-ethyl adjacent to an activating group) is 1. The van der Waals surface area contributed by atoms with Gasteiger partial charge in [0.2, 0.25) is 10.0 Å². The Morgan fingerprint density at radius 3 is 2.68 bits per heavy atom. The summed E-state index contributed by atoms with van der Waals surface area (Å²) in [6, 6.07) is 6.83. The van der Waals surface area contributed by atoms with Gasteiger partial charge in [-0.25, -0.2) is 18.4 Å². The minimum Gasteiger partial charge on any atom is -0.339 e. The van der Waals surface area contributed by atoms with Gasteiger partial charge in [0.1, 0.15) is 12.1 Å². The van der Waals surface area contributed by atoms with E-state index in [2.05, 4.69) is 32.2 Å². The van der Waals surface area contributed by atoms with Crippen LogP contribution in [0.25, 0.3) is 11.0 Å². The number of fused-ring (bicyclic) bond motifs is 1. The monoisotopic (exact) mass is 401 g/mol. The summed E-state index contributed by atoms with van der Waals surface area (Å²) in [6.07, 6.45) is 3.14. The first-order valence-corrected chi connectivity index (χ1v) is 10.7. The number of hydrogen-bond donors (Lipinski definition) is 1. The predicted molar refractivity (Wildman–Crippen MR) is 107 cm³/mol. The van der Waals surface area contributed by atoms with E-state index in [-0.39, 0.29) is 4.90 Å². The minimum atomic E-state index is -3.53. The molecule has 1 aliphatic rings. The van der Waals surface area contributed by atoms with E-state index in [1.165, 1.54) is 6.33 Å². The summed E-state index contributed by atoms with van der Waals surface area (Å²) in [5, 5.41) is 8.17. The van der Waals surface area contributed by atoms with Gasteiger partial charge in [-0.15, -0.1) is 0 Å². The Morgan fingerprint density at radius 1 is 1.14 bits per heavy atom. The van der Waals surface area contributed by atoms with Crippen LogP contribution in [0.2, 0.25) is 0 Å². The molecule has 4 rings (SSSR count). The molecule has 0 unspecified atom stereocenters. The molecule has 3 heterocycles. The molecule has 10 heteroatoms. The van der Waals surface area contributed by atoms with Gasteiger partial charge >= 0.3 is 0 Å². The summed E-state index contributed by atoms with van der Waals surface area (Å²) in [5.74, 6) is 0.587. The lowest BCUT2D eigenvalue weighted by Crippen LogP contribution is -2.48. The first-order chi connectivity index (χ1) is 13.5. The van der Waals surface area contributed by atoms with E-state index < -0.39 is 10.0 Å². The van der Waals surface area contributed by atoms with Crippen molar-refractivity contribution in [2.24, 2.45) is 7.05 Å². The molecule has 9 nitrogen and oxygen atoms in total. The van der Waals surface area contributed by atoms with Gasteiger partial charge in [-0.05, 0) is 24.7 Å². The van der Waals surface area contributed by atoms with E-state index in [9.17, 15) is 8.42 Å². The van der Waals surface area contributed by atoms with Crippen LogP contribution in [0.5, 0.6) is 0 Å². The fourth-order valence-corrected chi connectivity index (χ4v) is 4.84. The average molecular weight is 401 g/mol. The summed E-state index contributed by atoms with van der Waals surface area (Å²) in [7, 11) is -1.72. The lowest BCUT2D eigenvalue weighted by Gasteiger charge is -2.33. The molecule has 0 bridgehead atoms. The van der Waals surface area contributed by atoms with E-state index in [1.54, 1.807) is 33.4 Å². The number of rotatable bonds is 5. The second-order valence-corrected chi connectivity index (χ2v) is 8.66. The molecule has 0 atom stereocenters. The van der Waals surface area contributed by atoms with Gasteiger partial charge in [0, 0.05) is 38.9 Å². The van der Waals surface area contributed by atoms with Crippen LogP contribution >= 0.6 is 0 Å². The molecule has 0 radical (unpaired) electrons. The molecule has 3 aromatic rings. The molecule has 1 aromatic carbocycles. The van der Waals surface area contributed by atoms with Gasteiger partial charge in [0.25, 0.3) is 0 Å². The highest BCUT2D eigenvalue weighted by Gasteiger charge is 2.28. The maximum absolute atomic E-state index is 13.0. The van der Waals surface area contributed by atoms with E-state index in [4.69, 9.17) is 0 Å². The van der Waals surface area contributed by atoms with Gasteiger partial charge in [-0.1, -0.05) is 13.0 Å². The van der Waals surface area contributed by atoms with Crippen LogP contribution in [0, 0.1) is 0 Å². The first kappa shape index (κ1) is 18.8. The SMILES string of the molecule is CCN1CCN(S(=O)(=O)c2cccc(Nc3ncnc4c3cnn4C)c2)CC1. The van der Waals surface area contributed by atoms with Gasteiger partial charge in [-0.3, -0.25) is 4.68 Å². The van der Waals surface area contributed by atoms with E-state index in [0.29, 0.717) is 30.2 Å². The van der Waals surface area contributed by atoms with Crippen LogP contribution in [-0.2, 0) is 17.1 Å². The van der Waals surface area contributed by atoms with Crippen molar-refractivity contribution >= 4 is 32.6 Å². The van der Waals surface area contributed by atoms with Crippen molar-refractivity contribution in [1.82, 2.24) is 29.0 Å². The average Bonchev–Trinajstić information content (AvgIpc) is 3.10. The van der Waals surface area contributed by atoms with Crippen LogP contribution in [0.3, 0.4) is 0 Å². The molecule has 1 saturated heterocycles. The van der Waals surface area contributed by atoms with E-state index in [1.807, 2.05) is 13.1 Å². The summed E-state index contributed by atoms with van der Waals surface area (Å²) in [5.41, 5.74) is 1.35. The maximum Gasteiger partial charge on any atom is 0.243 e. The molecule has 28 heavy (non-hydrogen) atoms. The smallest absolute Gasteiger partial charge is 0.243 e. The number of hydrogen-bond acceptors (Lipinski definition) is 7. The van der Waals surface area contributed by atoms with Crippen molar-refractivity contribution in [3.63, 3.8) is 0 Å². The lowest BCUT2D eigenvalue weighted by molar-refractivity contribution is 0.196. The Kier molecular flexibility index (Phi) is 5.00. The molecule has 0 spiro atoms. The topological polar surface area (TPSA) is 96.2 Å². The minimum absolute atomic E-state index is 0.277. The maximum atomic E-state index is 13.0. The quantitative estimate of drug-likeness (QED) is 0.691. The fraction of sp³-hybridized carbons (Fsp3) is 0.389. The van der Waals surface area contributed by atoms with Gasteiger partial charge in [-0.2, -0.15) is 9.40 Å². The largest absolute Gasteiger partial charge is 0.339 e. The van der Waals surface area contributed by atoms with Crippen LogP contribution in [0.1, 0.15) is 6.92 Å². The van der Waals surface area contributed by atoms with Crippen molar-refractivity contribution in [1.29, 1.82) is 0 Å². The molecule has 1 aliphatic heterocycles. The van der Waals surface area contributed by atoms with Crippen molar-refractivity contribution in [2.45, 2.75) is 11.8 Å². The van der Waals surface area contributed by atoms with Crippen LogP contribution in [0.15, 0.2) is 41.7 Å². The molecular formula is C18H23N7O2S. The third-order valence-corrected chi connectivity index (χ3v) is 6.94. The van der Waals surface area contributed by atoms with E-state index in [0.717, 1.165) is 25.0 Å². The fourth-order valence-electron chi connectivity index (χ4n) is 3.37. The lowest BCUT2D eigenvalue weighted by atomic mass is 10.3. The van der Waals surface area contributed by atoms with Gasteiger partial charge in [0.15, 0.2) is 5.65 Å². The number of piperazine rings is 1. The summed E-state index contributed by atoms with van der Waals surface area (Å²) in [6.45, 7) is 5.56. The molecule has 0 saturated carbocycles. The van der Waals surface area contributed by atoms with Crippen molar-refractivity contribution < 1.29 is 8.42 Å². The molecule has 2 aromatic heterocycles.